The molecule has 0 aliphatic heterocycles. The van der Waals surface area contributed by atoms with Gasteiger partial charge in [-0.15, -0.1) is 0 Å². The summed E-state index contributed by atoms with van der Waals surface area (Å²) in [5.74, 6) is -0.867. The van der Waals surface area contributed by atoms with Crippen molar-refractivity contribution >= 4 is 22.4 Å². The molecule has 0 saturated heterocycles. The highest BCUT2D eigenvalue weighted by Crippen LogP contribution is 2.16. The van der Waals surface area contributed by atoms with Crippen molar-refractivity contribution in [2.45, 2.75) is 12.8 Å². The van der Waals surface area contributed by atoms with E-state index in [0.717, 1.165) is 0 Å². The van der Waals surface area contributed by atoms with Crippen LogP contribution in [0.2, 0.25) is 0 Å². The van der Waals surface area contributed by atoms with Gasteiger partial charge in [0.2, 0.25) is 0 Å². The molecule has 4 N–H and O–H groups in total. The number of H-pyrrole nitrogens is 2. The molecule has 0 amide bonds. The van der Waals surface area contributed by atoms with E-state index in [2.05, 4.69) is 15.5 Å². The van der Waals surface area contributed by atoms with Crippen molar-refractivity contribution in [2.75, 3.05) is 11.9 Å². The standard InChI is InChI=1S/C12H13N3O4/c16-9(17)5-2-6-13-8-4-1-3-7-10(8)12(19)15-14-11(7)18/h1,3-4,13H,2,5-6H2,(H,14,18)(H,15,19)(H,16,17). The minimum absolute atomic E-state index is 0.0503. The Morgan fingerprint density at radius 2 is 1.95 bits per heavy atom. The van der Waals surface area contributed by atoms with Crippen LogP contribution in [-0.4, -0.2) is 27.8 Å². The van der Waals surface area contributed by atoms with Crippen molar-refractivity contribution in [3.63, 3.8) is 0 Å². The molecular formula is C12H13N3O4. The van der Waals surface area contributed by atoms with Crippen LogP contribution in [0.15, 0.2) is 27.8 Å². The lowest BCUT2D eigenvalue weighted by Crippen LogP contribution is -2.20. The second-order valence-electron chi connectivity index (χ2n) is 4.06. The Bertz CT molecular complexity index is 717. The predicted octanol–water partition coefficient (Wildman–Crippen LogP) is 0.493. The molecule has 0 aliphatic rings. The highest BCUT2D eigenvalue weighted by molar-refractivity contribution is 5.92. The number of anilines is 1. The van der Waals surface area contributed by atoms with Crippen LogP contribution in [0.3, 0.4) is 0 Å². The molecule has 2 rings (SSSR count). The summed E-state index contributed by atoms with van der Waals surface area (Å²) in [6.45, 7) is 0.414. The zero-order valence-electron chi connectivity index (χ0n) is 10.0. The lowest BCUT2D eigenvalue weighted by atomic mass is 10.1. The lowest BCUT2D eigenvalue weighted by molar-refractivity contribution is -0.137. The number of benzene rings is 1. The van der Waals surface area contributed by atoms with Gasteiger partial charge in [-0.3, -0.25) is 24.6 Å². The summed E-state index contributed by atoms with van der Waals surface area (Å²) in [6.07, 6.45) is 0.488. The number of fused-ring (bicyclic) bond motifs is 1. The average Bonchev–Trinajstić information content (AvgIpc) is 2.39. The summed E-state index contributed by atoms with van der Waals surface area (Å²) in [4.78, 5) is 33.7. The maximum absolute atomic E-state index is 11.7. The maximum atomic E-state index is 11.7. The fourth-order valence-corrected chi connectivity index (χ4v) is 1.84. The number of carboxylic acid groups (broad SMARTS) is 1. The average molecular weight is 263 g/mol. The normalized spacial score (nSPS) is 10.5. The van der Waals surface area contributed by atoms with Crippen LogP contribution in [0.25, 0.3) is 10.8 Å². The summed E-state index contributed by atoms with van der Waals surface area (Å²) >= 11 is 0. The molecule has 2 aromatic rings. The number of carboxylic acids is 1. The van der Waals surface area contributed by atoms with Crippen molar-refractivity contribution in [2.24, 2.45) is 0 Å². The van der Waals surface area contributed by atoms with Crippen LogP contribution in [0, 0.1) is 0 Å². The molecule has 1 heterocycles. The smallest absolute Gasteiger partial charge is 0.303 e. The Hall–Kier alpha value is -2.57. The summed E-state index contributed by atoms with van der Waals surface area (Å²) in [6, 6.07) is 4.90. The summed E-state index contributed by atoms with van der Waals surface area (Å²) in [7, 11) is 0. The van der Waals surface area contributed by atoms with Crippen LogP contribution in [0.1, 0.15) is 12.8 Å². The molecular weight excluding hydrogens is 250 g/mol. The zero-order chi connectivity index (χ0) is 13.8. The molecule has 0 spiro atoms. The third kappa shape index (κ3) is 2.82. The van der Waals surface area contributed by atoms with Gasteiger partial charge >= 0.3 is 5.97 Å². The second-order valence-corrected chi connectivity index (χ2v) is 4.06. The van der Waals surface area contributed by atoms with E-state index >= 15 is 0 Å². The zero-order valence-corrected chi connectivity index (χ0v) is 10.0. The third-order valence-electron chi connectivity index (χ3n) is 2.71. The van der Waals surface area contributed by atoms with Crippen molar-refractivity contribution in [1.29, 1.82) is 0 Å². The fraction of sp³-hybridized carbons (Fsp3) is 0.250. The van der Waals surface area contributed by atoms with Crippen LogP contribution in [0.5, 0.6) is 0 Å². The topological polar surface area (TPSA) is 115 Å². The second kappa shape index (κ2) is 5.38. The van der Waals surface area contributed by atoms with Crippen molar-refractivity contribution in [3.05, 3.63) is 38.9 Å². The Morgan fingerprint density at radius 1 is 1.21 bits per heavy atom. The Kier molecular flexibility index (Phi) is 3.65. The Balaban J connectivity index is 2.29. The number of aromatic nitrogens is 2. The molecule has 0 unspecified atom stereocenters. The van der Waals surface area contributed by atoms with Crippen molar-refractivity contribution in [1.82, 2.24) is 10.2 Å². The number of rotatable bonds is 5. The van der Waals surface area contributed by atoms with Gasteiger partial charge in [-0.25, -0.2) is 0 Å². The third-order valence-corrected chi connectivity index (χ3v) is 2.71. The van der Waals surface area contributed by atoms with Gasteiger partial charge in [0.1, 0.15) is 0 Å². The van der Waals surface area contributed by atoms with Gasteiger partial charge in [-0.2, -0.15) is 0 Å². The molecule has 7 heteroatoms. The molecule has 0 fully saturated rings. The van der Waals surface area contributed by atoms with E-state index in [-0.39, 0.29) is 17.4 Å². The highest BCUT2D eigenvalue weighted by atomic mass is 16.4. The SMILES string of the molecule is O=C(O)CCCNc1cccc2c(=O)[nH][nH]c(=O)c12. The van der Waals surface area contributed by atoms with Crippen LogP contribution < -0.4 is 16.4 Å². The first-order chi connectivity index (χ1) is 9.09. The number of aromatic amines is 2. The van der Waals surface area contributed by atoms with E-state index in [1.807, 2.05) is 0 Å². The largest absolute Gasteiger partial charge is 0.481 e. The molecule has 19 heavy (non-hydrogen) atoms. The van der Waals surface area contributed by atoms with E-state index < -0.39 is 11.5 Å². The summed E-state index contributed by atoms with van der Waals surface area (Å²) in [5, 5.41) is 16.6. The molecule has 1 aromatic heterocycles. The van der Waals surface area contributed by atoms with Crippen LogP contribution in [-0.2, 0) is 4.79 Å². The number of hydrogen-bond donors (Lipinski definition) is 4. The molecule has 0 saturated carbocycles. The van der Waals surface area contributed by atoms with E-state index in [9.17, 15) is 14.4 Å². The fourth-order valence-electron chi connectivity index (χ4n) is 1.84. The van der Waals surface area contributed by atoms with Gasteiger partial charge in [0.05, 0.1) is 10.8 Å². The number of nitrogens with one attached hydrogen (secondary N) is 3. The first kappa shape index (κ1) is 12.9. The highest BCUT2D eigenvalue weighted by Gasteiger charge is 2.07. The Labute approximate surface area is 107 Å². The predicted molar refractivity (Wildman–Crippen MR) is 70.5 cm³/mol. The van der Waals surface area contributed by atoms with Gasteiger partial charge in [0.25, 0.3) is 11.1 Å². The monoisotopic (exact) mass is 263 g/mol. The Morgan fingerprint density at radius 3 is 2.68 bits per heavy atom. The van der Waals surface area contributed by atoms with Gasteiger partial charge < -0.3 is 10.4 Å². The number of aliphatic carboxylic acids is 1. The summed E-state index contributed by atoms with van der Waals surface area (Å²) < 4.78 is 0. The summed E-state index contributed by atoms with van der Waals surface area (Å²) in [5.41, 5.74) is -0.241. The van der Waals surface area contributed by atoms with Gasteiger partial charge in [-0.1, -0.05) is 6.07 Å². The molecule has 0 radical (unpaired) electrons. The number of hydrogen-bond acceptors (Lipinski definition) is 4. The van der Waals surface area contributed by atoms with Crippen molar-refractivity contribution in [3.8, 4) is 0 Å². The number of carbonyl (C=O) groups is 1. The molecule has 100 valence electrons. The minimum Gasteiger partial charge on any atom is -0.481 e. The van der Waals surface area contributed by atoms with Gasteiger partial charge in [-0.05, 0) is 18.6 Å². The first-order valence-electron chi connectivity index (χ1n) is 5.79. The molecule has 1 aromatic carbocycles. The van der Waals surface area contributed by atoms with Gasteiger partial charge in [0.15, 0.2) is 0 Å². The lowest BCUT2D eigenvalue weighted by Gasteiger charge is -2.07. The quantitative estimate of drug-likeness (QED) is 0.586. The first-order valence-corrected chi connectivity index (χ1v) is 5.79. The van der Waals surface area contributed by atoms with Crippen molar-refractivity contribution < 1.29 is 9.90 Å². The van der Waals surface area contributed by atoms with E-state index in [0.29, 0.717) is 24.0 Å². The molecule has 0 aliphatic carbocycles. The maximum Gasteiger partial charge on any atom is 0.303 e. The van der Waals surface area contributed by atoms with E-state index in [1.165, 1.54) is 0 Å². The van der Waals surface area contributed by atoms with Crippen LogP contribution in [0.4, 0.5) is 5.69 Å². The van der Waals surface area contributed by atoms with Gasteiger partial charge in [0, 0.05) is 18.7 Å². The molecule has 0 bridgehead atoms. The van der Waals surface area contributed by atoms with E-state index in [1.54, 1.807) is 18.2 Å². The van der Waals surface area contributed by atoms with Crippen LogP contribution >= 0.6 is 0 Å². The minimum atomic E-state index is -0.867. The molecule has 7 nitrogen and oxygen atoms in total. The molecule has 0 atom stereocenters. The van der Waals surface area contributed by atoms with E-state index in [4.69, 9.17) is 5.11 Å².